The molecule has 0 aromatic heterocycles. The van der Waals surface area contributed by atoms with E-state index in [0.29, 0.717) is 0 Å². The van der Waals surface area contributed by atoms with Gasteiger partial charge in [-0.15, -0.1) is 0 Å². The predicted molar refractivity (Wildman–Crippen MR) is 40.0 cm³/mol. The summed E-state index contributed by atoms with van der Waals surface area (Å²) in [6.45, 7) is 1.72. The van der Waals surface area contributed by atoms with Crippen molar-refractivity contribution in [2.24, 2.45) is 0 Å². The van der Waals surface area contributed by atoms with Crippen molar-refractivity contribution in [3.63, 3.8) is 0 Å². The second-order valence-corrected chi connectivity index (χ2v) is 2.76. The first-order valence-electron chi connectivity index (χ1n) is 3.00. The number of rotatable bonds is 3. The Hall–Kier alpha value is -0.280. The Morgan fingerprint density at radius 1 is 1.70 bits per heavy atom. The van der Waals surface area contributed by atoms with Crippen LogP contribution in [0, 0.1) is 0 Å². The van der Waals surface area contributed by atoms with Gasteiger partial charge in [0.15, 0.2) is 0 Å². The lowest BCUT2D eigenvalue weighted by Gasteiger charge is -2.10. The van der Waals surface area contributed by atoms with Gasteiger partial charge < -0.3 is 9.64 Å². The van der Waals surface area contributed by atoms with E-state index in [4.69, 9.17) is 16.3 Å². The lowest BCUT2D eigenvalue weighted by atomic mass is 10.6. The van der Waals surface area contributed by atoms with Gasteiger partial charge in [0.2, 0.25) is 5.91 Å². The van der Waals surface area contributed by atoms with Crippen LogP contribution < -0.4 is 0 Å². The molecule has 3 nitrogen and oxygen atoms in total. The number of amides is 1. The van der Waals surface area contributed by atoms with Gasteiger partial charge in [-0.1, -0.05) is 11.6 Å². The van der Waals surface area contributed by atoms with Crippen LogP contribution in [0.2, 0.25) is 0 Å². The Kier molecular flexibility index (Phi) is 4.40. The number of alkyl halides is 1. The molecule has 0 heterocycles. The summed E-state index contributed by atoms with van der Waals surface area (Å²) in [5.41, 5.74) is -0.399. The highest BCUT2D eigenvalue weighted by Crippen LogP contribution is 1.95. The maximum absolute atomic E-state index is 10.8. The lowest BCUT2D eigenvalue weighted by molar-refractivity contribution is -0.133. The molecule has 0 spiro atoms. The molecule has 1 atom stereocenters. The number of hydrogen-bond acceptors (Lipinski definition) is 2. The lowest BCUT2D eigenvalue weighted by Crippen LogP contribution is -2.27. The van der Waals surface area contributed by atoms with Gasteiger partial charge in [0.1, 0.15) is 12.2 Å². The summed E-state index contributed by atoms with van der Waals surface area (Å²) in [6.07, 6.45) is 0. The van der Waals surface area contributed by atoms with Gasteiger partial charge >= 0.3 is 0 Å². The molecule has 1 unspecified atom stereocenters. The highest BCUT2D eigenvalue weighted by molar-refractivity contribution is 6.19. The van der Waals surface area contributed by atoms with E-state index >= 15 is 0 Å². The molecule has 0 aromatic rings. The van der Waals surface area contributed by atoms with Crippen LogP contribution in [0.15, 0.2) is 0 Å². The van der Waals surface area contributed by atoms with Gasteiger partial charge in [-0.3, -0.25) is 4.79 Å². The van der Waals surface area contributed by atoms with E-state index in [-0.39, 0.29) is 12.5 Å². The Labute approximate surface area is 65.9 Å². The fourth-order valence-corrected chi connectivity index (χ4v) is 0.378. The van der Waals surface area contributed by atoms with Crippen LogP contribution in [0.3, 0.4) is 0 Å². The van der Waals surface area contributed by atoms with Crippen molar-refractivity contribution in [2.45, 2.75) is 12.5 Å². The summed E-state index contributed by atoms with van der Waals surface area (Å²) in [5.74, 6) is -0.0764. The van der Waals surface area contributed by atoms with Crippen LogP contribution in [0.1, 0.15) is 6.92 Å². The summed E-state index contributed by atoms with van der Waals surface area (Å²) < 4.78 is 4.84. The van der Waals surface area contributed by atoms with E-state index in [1.807, 2.05) is 0 Å². The first kappa shape index (κ1) is 9.72. The second-order valence-electron chi connectivity index (χ2n) is 2.14. The molecule has 0 radical (unpaired) electrons. The molecule has 10 heavy (non-hydrogen) atoms. The van der Waals surface area contributed by atoms with Gasteiger partial charge in [0.25, 0.3) is 0 Å². The van der Waals surface area contributed by atoms with Crippen LogP contribution in [-0.4, -0.2) is 37.1 Å². The third-order valence-corrected chi connectivity index (χ3v) is 1.06. The summed E-state index contributed by atoms with van der Waals surface area (Å²) in [6, 6.07) is 0. The number of nitrogens with zero attached hydrogens (tertiary/aromatic N) is 1. The highest BCUT2D eigenvalue weighted by atomic mass is 35.5. The van der Waals surface area contributed by atoms with Crippen molar-refractivity contribution in [1.29, 1.82) is 0 Å². The number of likely N-dealkylation sites (N-methyl/N-ethyl adjacent to an activating group) is 1. The monoisotopic (exact) mass is 165 g/mol. The molecule has 0 bridgehead atoms. The van der Waals surface area contributed by atoms with Crippen LogP contribution in [0.4, 0.5) is 0 Å². The topological polar surface area (TPSA) is 29.5 Å². The number of carbonyl (C=O) groups excluding carboxylic acids is 1. The third kappa shape index (κ3) is 4.58. The first-order valence-corrected chi connectivity index (χ1v) is 3.43. The highest BCUT2D eigenvalue weighted by Gasteiger charge is 2.04. The molecule has 60 valence electrons. The average molecular weight is 166 g/mol. The molecule has 0 rings (SSSR count). The van der Waals surface area contributed by atoms with Crippen LogP contribution >= 0.6 is 11.6 Å². The quantitative estimate of drug-likeness (QED) is 0.576. The SMILES string of the molecule is CC(Cl)OCC(=O)N(C)C. The van der Waals surface area contributed by atoms with Gasteiger partial charge in [0.05, 0.1) is 0 Å². The Morgan fingerprint density at radius 3 is 2.50 bits per heavy atom. The zero-order valence-corrected chi connectivity index (χ0v) is 7.18. The average Bonchev–Trinajstić information content (AvgIpc) is 1.82. The number of halogens is 1. The molecule has 0 aliphatic carbocycles. The standard InChI is InChI=1S/C6H12ClNO2/c1-5(7)10-4-6(9)8(2)3/h5H,4H2,1-3H3. The zero-order valence-electron chi connectivity index (χ0n) is 6.43. The number of carbonyl (C=O) groups is 1. The molecule has 0 saturated carbocycles. The first-order chi connectivity index (χ1) is 4.54. The zero-order chi connectivity index (χ0) is 8.15. The van der Waals surface area contributed by atoms with Gasteiger partial charge in [-0.05, 0) is 6.92 Å². The summed E-state index contributed by atoms with van der Waals surface area (Å²) >= 11 is 5.43. The number of hydrogen-bond donors (Lipinski definition) is 0. The molecule has 0 aromatic carbocycles. The van der Waals surface area contributed by atoms with E-state index in [2.05, 4.69) is 0 Å². The molecule has 4 heteroatoms. The third-order valence-electron chi connectivity index (χ3n) is 0.935. The van der Waals surface area contributed by atoms with E-state index in [9.17, 15) is 4.79 Å². The minimum Gasteiger partial charge on any atom is -0.353 e. The van der Waals surface area contributed by atoms with Crippen molar-refractivity contribution < 1.29 is 9.53 Å². The van der Waals surface area contributed by atoms with E-state index < -0.39 is 5.56 Å². The van der Waals surface area contributed by atoms with Crippen molar-refractivity contribution >= 4 is 17.5 Å². The van der Waals surface area contributed by atoms with Gasteiger partial charge in [-0.25, -0.2) is 0 Å². The van der Waals surface area contributed by atoms with Crippen molar-refractivity contribution in [2.75, 3.05) is 20.7 Å². The Morgan fingerprint density at radius 2 is 2.20 bits per heavy atom. The summed E-state index contributed by atoms with van der Waals surface area (Å²) in [7, 11) is 3.34. The van der Waals surface area contributed by atoms with Gasteiger partial charge in [0, 0.05) is 14.1 Å². The van der Waals surface area contributed by atoms with Crippen molar-refractivity contribution in [3.05, 3.63) is 0 Å². The smallest absolute Gasteiger partial charge is 0.248 e. The van der Waals surface area contributed by atoms with Crippen molar-refractivity contribution in [1.82, 2.24) is 4.90 Å². The summed E-state index contributed by atoms with van der Waals surface area (Å²) in [5, 5.41) is 0. The molecule has 0 aliphatic rings. The largest absolute Gasteiger partial charge is 0.353 e. The molecule has 0 saturated heterocycles. The minimum atomic E-state index is -0.399. The molecular weight excluding hydrogens is 154 g/mol. The van der Waals surface area contributed by atoms with E-state index in [1.165, 1.54) is 4.90 Å². The fourth-order valence-electron chi connectivity index (χ4n) is 0.315. The van der Waals surface area contributed by atoms with Crippen molar-refractivity contribution in [3.8, 4) is 0 Å². The second kappa shape index (κ2) is 4.52. The predicted octanol–water partition coefficient (Wildman–Crippen LogP) is 0.676. The number of ether oxygens (including phenoxy) is 1. The maximum atomic E-state index is 10.8. The van der Waals surface area contributed by atoms with E-state index in [1.54, 1.807) is 21.0 Å². The maximum Gasteiger partial charge on any atom is 0.248 e. The molecule has 0 aliphatic heterocycles. The minimum absolute atomic E-state index is 0.0532. The normalized spacial score (nSPS) is 12.8. The Bertz CT molecular complexity index is 114. The summed E-state index contributed by atoms with van der Waals surface area (Å²) in [4.78, 5) is 12.2. The van der Waals surface area contributed by atoms with E-state index in [0.717, 1.165) is 0 Å². The molecular formula is C6H12ClNO2. The fraction of sp³-hybridized carbons (Fsp3) is 0.833. The Balaban J connectivity index is 3.40. The van der Waals surface area contributed by atoms with Crippen LogP contribution in [0.25, 0.3) is 0 Å². The molecule has 0 fully saturated rings. The van der Waals surface area contributed by atoms with Gasteiger partial charge in [-0.2, -0.15) is 0 Å². The molecule has 1 amide bonds. The van der Waals surface area contributed by atoms with Crippen LogP contribution in [-0.2, 0) is 9.53 Å². The van der Waals surface area contributed by atoms with Crippen LogP contribution in [0.5, 0.6) is 0 Å². The molecule has 0 N–H and O–H groups in total.